The molecule has 132 valence electrons. The normalized spacial score (nSPS) is 26.2. The van der Waals surface area contributed by atoms with Crippen LogP contribution in [0.25, 0.3) is 0 Å². The number of imide groups is 1. The second-order valence-corrected chi connectivity index (χ2v) is 7.55. The van der Waals surface area contributed by atoms with E-state index in [1.54, 1.807) is 18.2 Å². The number of fused-ring (bicyclic) bond motifs is 2. The van der Waals surface area contributed by atoms with Crippen molar-refractivity contribution in [2.75, 3.05) is 19.6 Å². The Labute approximate surface area is 148 Å². The molecule has 0 aromatic heterocycles. The summed E-state index contributed by atoms with van der Waals surface area (Å²) in [5.41, 5.74) is 1.30. The molecule has 3 amide bonds. The van der Waals surface area contributed by atoms with Crippen LogP contribution in [-0.4, -0.2) is 47.2 Å². The maximum atomic E-state index is 12.7. The molecule has 1 aromatic rings. The first-order chi connectivity index (χ1) is 12.1. The minimum atomic E-state index is -0.340. The first kappa shape index (κ1) is 16.3. The van der Waals surface area contributed by atoms with Gasteiger partial charge in [-0.05, 0) is 36.3 Å². The van der Waals surface area contributed by atoms with Gasteiger partial charge in [-0.25, -0.2) is 0 Å². The number of carbonyl (C=O) groups is 3. The highest BCUT2D eigenvalue weighted by atomic mass is 16.2. The maximum Gasteiger partial charge on any atom is 0.261 e. The van der Waals surface area contributed by atoms with E-state index in [4.69, 9.17) is 0 Å². The molecular weight excluding hydrogens is 316 g/mol. The summed E-state index contributed by atoms with van der Waals surface area (Å²) in [4.78, 5) is 40.7. The van der Waals surface area contributed by atoms with E-state index < -0.39 is 0 Å². The summed E-state index contributed by atoms with van der Waals surface area (Å²) in [6.07, 6.45) is 6.30. The Morgan fingerprint density at radius 1 is 1.04 bits per heavy atom. The van der Waals surface area contributed by atoms with E-state index in [2.05, 4.69) is 0 Å². The SMILES string of the molecule is O=C(CN1C(=O)Cc2ccccc2C1=O)N1CC[C@H]2CCCC[C@@H]2C1. The number of likely N-dealkylation sites (tertiary alicyclic amines) is 1. The Morgan fingerprint density at radius 3 is 2.64 bits per heavy atom. The number of nitrogens with zero attached hydrogens (tertiary/aromatic N) is 2. The molecule has 2 atom stereocenters. The molecule has 5 heteroatoms. The molecule has 0 unspecified atom stereocenters. The second-order valence-electron chi connectivity index (χ2n) is 7.55. The summed E-state index contributed by atoms with van der Waals surface area (Å²) in [6.45, 7) is 1.42. The van der Waals surface area contributed by atoms with Crippen molar-refractivity contribution in [3.8, 4) is 0 Å². The first-order valence-electron chi connectivity index (χ1n) is 9.34. The number of carbonyl (C=O) groups excluding carboxylic acids is 3. The van der Waals surface area contributed by atoms with Crippen LogP contribution in [0.5, 0.6) is 0 Å². The number of hydrogen-bond donors (Lipinski definition) is 0. The van der Waals surface area contributed by atoms with Crippen molar-refractivity contribution in [1.29, 1.82) is 0 Å². The summed E-state index contributed by atoms with van der Waals surface area (Å²) in [5, 5.41) is 0. The number of hydrogen-bond acceptors (Lipinski definition) is 3. The highest BCUT2D eigenvalue weighted by Gasteiger charge is 2.36. The van der Waals surface area contributed by atoms with Crippen LogP contribution in [0.2, 0.25) is 0 Å². The van der Waals surface area contributed by atoms with Crippen molar-refractivity contribution in [2.24, 2.45) is 11.8 Å². The lowest BCUT2D eigenvalue weighted by atomic mass is 9.75. The number of rotatable bonds is 2. The minimum Gasteiger partial charge on any atom is -0.341 e. The Bertz CT molecular complexity index is 715. The largest absolute Gasteiger partial charge is 0.341 e. The lowest BCUT2D eigenvalue weighted by Crippen LogP contribution is -2.51. The van der Waals surface area contributed by atoms with Crippen molar-refractivity contribution in [3.63, 3.8) is 0 Å². The van der Waals surface area contributed by atoms with Gasteiger partial charge in [0.15, 0.2) is 0 Å². The fourth-order valence-electron chi connectivity index (χ4n) is 4.62. The van der Waals surface area contributed by atoms with E-state index in [1.165, 1.54) is 25.7 Å². The van der Waals surface area contributed by atoms with Gasteiger partial charge in [0.25, 0.3) is 5.91 Å². The van der Waals surface area contributed by atoms with Crippen molar-refractivity contribution >= 4 is 17.7 Å². The van der Waals surface area contributed by atoms with E-state index in [0.717, 1.165) is 35.9 Å². The van der Waals surface area contributed by atoms with Crippen LogP contribution in [0.1, 0.15) is 48.0 Å². The zero-order valence-corrected chi connectivity index (χ0v) is 14.4. The average Bonchev–Trinajstić information content (AvgIpc) is 2.64. The lowest BCUT2D eigenvalue weighted by Gasteiger charge is -2.41. The molecule has 2 fully saturated rings. The van der Waals surface area contributed by atoms with Crippen molar-refractivity contribution in [2.45, 2.75) is 38.5 Å². The number of benzene rings is 1. The van der Waals surface area contributed by atoms with E-state index in [1.807, 2.05) is 11.0 Å². The molecular formula is C20H24N2O3. The first-order valence-corrected chi connectivity index (χ1v) is 9.34. The van der Waals surface area contributed by atoms with Gasteiger partial charge in [0.05, 0.1) is 6.42 Å². The van der Waals surface area contributed by atoms with Gasteiger partial charge in [0, 0.05) is 18.7 Å². The summed E-state index contributed by atoms with van der Waals surface area (Å²) in [6, 6.07) is 7.15. The van der Waals surface area contributed by atoms with E-state index in [0.29, 0.717) is 11.5 Å². The van der Waals surface area contributed by atoms with Crippen LogP contribution in [0.4, 0.5) is 0 Å². The van der Waals surface area contributed by atoms with Crippen LogP contribution < -0.4 is 0 Å². The summed E-state index contributed by atoms with van der Waals surface area (Å²) in [7, 11) is 0. The molecule has 2 heterocycles. The van der Waals surface area contributed by atoms with Crippen LogP contribution >= 0.6 is 0 Å². The predicted octanol–water partition coefficient (Wildman–Crippen LogP) is 2.25. The Hall–Kier alpha value is -2.17. The summed E-state index contributed by atoms with van der Waals surface area (Å²) >= 11 is 0. The molecule has 0 spiro atoms. The third-order valence-electron chi connectivity index (χ3n) is 6.07. The van der Waals surface area contributed by atoms with E-state index >= 15 is 0 Å². The molecule has 0 bridgehead atoms. The zero-order valence-electron chi connectivity index (χ0n) is 14.4. The fourth-order valence-corrected chi connectivity index (χ4v) is 4.62. The topological polar surface area (TPSA) is 57.7 Å². The predicted molar refractivity (Wildman–Crippen MR) is 92.8 cm³/mol. The zero-order chi connectivity index (χ0) is 17.4. The Morgan fingerprint density at radius 2 is 1.80 bits per heavy atom. The van der Waals surface area contributed by atoms with Gasteiger partial charge in [-0.3, -0.25) is 19.3 Å². The molecule has 5 nitrogen and oxygen atoms in total. The number of amides is 3. The van der Waals surface area contributed by atoms with Gasteiger partial charge in [-0.2, -0.15) is 0 Å². The number of piperidine rings is 1. The van der Waals surface area contributed by atoms with Gasteiger partial charge < -0.3 is 4.90 Å². The highest BCUT2D eigenvalue weighted by Crippen LogP contribution is 2.36. The molecule has 1 saturated carbocycles. The molecule has 3 aliphatic rings. The van der Waals surface area contributed by atoms with E-state index in [9.17, 15) is 14.4 Å². The molecule has 25 heavy (non-hydrogen) atoms. The Balaban J connectivity index is 1.44. The van der Waals surface area contributed by atoms with Crippen LogP contribution in [0, 0.1) is 11.8 Å². The van der Waals surface area contributed by atoms with Crippen LogP contribution in [0.3, 0.4) is 0 Å². The average molecular weight is 340 g/mol. The molecule has 1 saturated heterocycles. The van der Waals surface area contributed by atoms with Crippen molar-refractivity contribution in [3.05, 3.63) is 35.4 Å². The summed E-state index contributed by atoms with van der Waals surface area (Å²) < 4.78 is 0. The molecule has 1 aromatic carbocycles. The van der Waals surface area contributed by atoms with Gasteiger partial charge in [0.1, 0.15) is 6.54 Å². The molecule has 0 radical (unpaired) electrons. The van der Waals surface area contributed by atoms with Crippen LogP contribution in [-0.2, 0) is 16.0 Å². The smallest absolute Gasteiger partial charge is 0.261 e. The van der Waals surface area contributed by atoms with E-state index in [-0.39, 0.29) is 30.7 Å². The second kappa shape index (κ2) is 6.62. The minimum absolute atomic E-state index is 0.0925. The highest BCUT2D eigenvalue weighted by molar-refractivity contribution is 6.11. The van der Waals surface area contributed by atoms with Crippen molar-refractivity contribution in [1.82, 2.24) is 9.80 Å². The standard InChI is InChI=1S/C20H24N2O3/c23-18-11-15-6-3-4-8-17(15)20(25)22(18)13-19(24)21-10-9-14-5-1-2-7-16(14)12-21/h3-4,6,8,14,16H,1-2,5,7,9-13H2/t14-,16-/m1/s1. The molecule has 1 aliphatic carbocycles. The lowest BCUT2D eigenvalue weighted by molar-refractivity contribution is -0.140. The third kappa shape index (κ3) is 3.08. The van der Waals surface area contributed by atoms with Crippen molar-refractivity contribution < 1.29 is 14.4 Å². The third-order valence-corrected chi connectivity index (χ3v) is 6.07. The fraction of sp³-hybridized carbons (Fsp3) is 0.550. The van der Waals surface area contributed by atoms with Crippen LogP contribution in [0.15, 0.2) is 24.3 Å². The monoisotopic (exact) mass is 340 g/mol. The molecule has 0 N–H and O–H groups in total. The van der Waals surface area contributed by atoms with Gasteiger partial charge in [-0.1, -0.05) is 37.5 Å². The Kier molecular flexibility index (Phi) is 4.32. The van der Waals surface area contributed by atoms with Gasteiger partial charge >= 0.3 is 0 Å². The van der Waals surface area contributed by atoms with Gasteiger partial charge in [0.2, 0.25) is 11.8 Å². The molecule has 4 rings (SSSR count). The quantitative estimate of drug-likeness (QED) is 0.776. The summed E-state index contributed by atoms with van der Waals surface area (Å²) in [5.74, 6) is 0.644. The molecule has 2 aliphatic heterocycles. The maximum absolute atomic E-state index is 12.7. The van der Waals surface area contributed by atoms with Gasteiger partial charge in [-0.15, -0.1) is 0 Å².